The number of aromatic nitrogens is 1. The first-order valence-corrected chi connectivity index (χ1v) is 6.39. The lowest BCUT2D eigenvalue weighted by Crippen LogP contribution is -2.21. The van der Waals surface area contributed by atoms with Crippen LogP contribution in [0.2, 0.25) is 5.02 Å². The number of aromatic carboxylic acids is 1. The lowest BCUT2D eigenvalue weighted by Gasteiger charge is -2.07. The molecule has 2 aromatic rings. The highest BCUT2D eigenvalue weighted by Gasteiger charge is 2.10. The summed E-state index contributed by atoms with van der Waals surface area (Å²) in [4.78, 5) is 15.1. The summed E-state index contributed by atoms with van der Waals surface area (Å²) in [6.07, 6.45) is 0. The molecule has 0 amide bonds. The van der Waals surface area contributed by atoms with Crippen molar-refractivity contribution in [2.24, 2.45) is 0 Å². The van der Waals surface area contributed by atoms with Crippen molar-refractivity contribution in [3.8, 4) is 0 Å². The molecule has 1 aromatic carbocycles. The standard InChI is InChI=1S/C12H11ClN2O2S/c1-6-8(13)4-3-5-9(6)15-12-14-7(2)10(18-12)11(16)17/h3-5H,1-2H3,(H,14,15)(H,16,17)/p-1. The first kappa shape index (κ1) is 12.9. The second-order valence-corrected chi connectivity index (χ2v) is 5.16. The van der Waals surface area contributed by atoms with Gasteiger partial charge in [-0.1, -0.05) is 29.0 Å². The van der Waals surface area contributed by atoms with Crippen LogP contribution in [0, 0.1) is 13.8 Å². The summed E-state index contributed by atoms with van der Waals surface area (Å²) in [5.74, 6) is -1.21. The molecular formula is C12H10ClN2O2S-. The third-order valence-electron chi connectivity index (χ3n) is 2.49. The molecule has 0 saturated carbocycles. The van der Waals surface area contributed by atoms with Crippen LogP contribution in [0.15, 0.2) is 18.2 Å². The van der Waals surface area contributed by atoms with Crippen LogP contribution in [-0.4, -0.2) is 11.0 Å². The van der Waals surface area contributed by atoms with Gasteiger partial charge < -0.3 is 15.2 Å². The fourth-order valence-electron chi connectivity index (χ4n) is 1.50. The van der Waals surface area contributed by atoms with Crippen LogP contribution in [0.3, 0.4) is 0 Å². The lowest BCUT2D eigenvalue weighted by molar-refractivity contribution is -0.254. The quantitative estimate of drug-likeness (QED) is 0.939. The lowest BCUT2D eigenvalue weighted by atomic mass is 10.2. The molecule has 0 saturated heterocycles. The van der Waals surface area contributed by atoms with E-state index in [1.165, 1.54) is 0 Å². The fraction of sp³-hybridized carbons (Fsp3) is 0.167. The Hall–Kier alpha value is -1.59. The van der Waals surface area contributed by atoms with Crippen LogP contribution in [0.4, 0.5) is 10.8 Å². The Morgan fingerprint density at radius 2 is 2.17 bits per heavy atom. The molecule has 6 heteroatoms. The zero-order chi connectivity index (χ0) is 13.3. The van der Waals surface area contributed by atoms with Gasteiger partial charge in [-0.3, -0.25) is 0 Å². The molecule has 0 unspecified atom stereocenters. The minimum Gasteiger partial charge on any atom is -0.544 e. The highest BCUT2D eigenvalue weighted by atomic mass is 35.5. The van der Waals surface area contributed by atoms with Gasteiger partial charge in [-0.05, 0) is 31.5 Å². The van der Waals surface area contributed by atoms with Crippen LogP contribution in [0.1, 0.15) is 20.9 Å². The molecule has 0 aliphatic carbocycles. The number of carbonyl (C=O) groups excluding carboxylic acids is 1. The zero-order valence-corrected chi connectivity index (χ0v) is 11.4. The maximum Gasteiger partial charge on any atom is 0.188 e. The number of nitrogens with one attached hydrogen (secondary N) is 1. The van der Waals surface area contributed by atoms with E-state index in [-0.39, 0.29) is 4.88 Å². The summed E-state index contributed by atoms with van der Waals surface area (Å²) in [5.41, 5.74) is 2.14. The summed E-state index contributed by atoms with van der Waals surface area (Å²) in [6.45, 7) is 3.52. The van der Waals surface area contributed by atoms with Gasteiger partial charge in [-0.15, -0.1) is 0 Å². The van der Waals surface area contributed by atoms with E-state index in [4.69, 9.17) is 11.6 Å². The van der Waals surface area contributed by atoms with Crippen molar-refractivity contribution >= 4 is 39.7 Å². The van der Waals surface area contributed by atoms with Crippen molar-refractivity contribution in [2.45, 2.75) is 13.8 Å². The van der Waals surface area contributed by atoms with Crippen LogP contribution in [0.5, 0.6) is 0 Å². The summed E-state index contributed by atoms with van der Waals surface area (Å²) in [5, 5.41) is 15.0. The molecule has 0 aliphatic rings. The second-order valence-electron chi connectivity index (χ2n) is 3.76. The predicted molar refractivity (Wildman–Crippen MR) is 70.7 cm³/mol. The van der Waals surface area contributed by atoms with Gasteiger partial charge in [0, 0.05) is 10.7 Å². The van der Waals surface area contributed by atoms with E-state index in [9.17, 15) is 9.90 Å². The number of nitrogens with zero attached hydrogens (tertiary/aromatic N) is 1. The number of hydrogen-bond donors (Lipinski definition) is 1. The van der Waals surface area contributed by atoms with Crippen LogP contribution in [0.25, 0.3) is 0 Å². The molecule has 1 N–H and O–H groups in total. The number of anilines is 2. The molecule has 18 heavy (non-hydrogen) atoms. The van der Waals surface area contributed by atoms with Gasteiger partial charge in [-0.2, -0.15) is 0 Å². The van der Waals surface area contributed by atoms with E-state index < -0.39 is 5.97 Å². The second kappa shape index (κ2) is 4.96. The third kappa shape index (κ3) is 2.47. The SMILES string of the molecule is Cc1nc(Nc2cccc(Cl)c2C)sc1C(=O)[O-]. The Balaban J connectivity index is 2.32. The molecule has 94 valence electrons. The Kier molecular flexibility index (Phi) is 3.54. The third-order valence-corrected chi connectivity index (χ3v) is 3.95. The Labute approximate surface area is 113 Å². The number of benzene rings is 1. The molecule has 0 atom stereocenters. The number of carboxylic acid groups (broad SMARTS) is 1. The number of carbonyl (C=O) groups is 1. The minimum atomic E-state index is -1.21. The van der Waals surface area contributed by atoms with E-state index in [0.29, 0.717) is 15.8 Å². The highest BCUT2D eigenvalue weighted by molar-refractivity contribution is 7.17. The van der Waals surface area contributed by atoms with Crippen LogP contribution < -0.4 is 10.4 Å². The van der Waals surface area contributed by atoms with Crippen molar-refractivity contribution < 1.29 is 9.90 Å². The fourth-order valence-corrected chi connectivity index (χ4v) is 2.49. The topological polar surface area (TPSA) is 65.0 Å². The van der Waals surface area contributed by atoms with Gasteiger partial charge in [0.2, 0.25) is 0 Å². The number of thiazole rings is 1. The Morgan fingerprint density at radius 3 is 2.78 bits per heavy atom. The number of aryl methyl sites for hydroxylation is 1. The van der Waals surface area contributed by atoms with E-state index in [0.717, 1.165) is 22.6 Å². The van der Waals surface area contributed by atoms with Gasteiger partial charge in [0.25, 0.3) is 0 Å². The Morgan fingerprint density at radius 1 is 1.44 bits per heavy atom. The molecule has 2 rings (SSSR count). The summed E-state index contributed by atoms with van der Waals surface area (Å²) in [6, 6.07) is 5.47. The first-order chi connectivity index (χ1) is 8.49. The average Bonchev–Trinajstić information content (AvgIpc) is 2.66. The van der Waals surface area contributed by atoms with E-state index >= 15 is 0 Å². The van der Waals surface area contributed by atoms with Crippen molar-refractivity contribution in [3.05, 3.63) is 39.4 Å². The highest BCUT2D eigenvalue weighted by Crippen LogP contribution is 2.29. The van der Waals surface area contributed by atoms with E-state index in [1.807, 2.05) is 19.1 Å². The van der Waals surface area contributed by atoms with Crippen molar-refractivity contribution in [2.75, 3.05) is 5.32 Å². The molecule has 1 heterocycles. The smallest absolute Gasteiger partial charge is 0.188 e. The van der Waals surface area contributed by atoms with Gasteiger partial charge in [-0.25, -0.2) is 4.98 Å². The summed E-state index contributed by atoms with van der Waals surface area (Å²) >= 11 is 7.06. The molecule has 0 fully saturated rings. The summed E-state index contributed by atoms with van der Waals surface area (Å²) in [7, 11) is 0. The minimum absolute atomic E-state index is 0.136. The van der Waals surface area contributed by atoms with Gasteiger partial charge in [0.15, 0.2) is 5.13 Å². The van der Waals surface area contributed by atoms with Crippen LogP contribution in [-0.2, 0) is 0 Å². The predicted octanol–water partition coefficient (Wildman–Crippen LogP) is 2.52. The number of rotatable bonds is 3. The van der Waals surface area contributed by atoms with Crippen molar-refractivity contribution in [1.82, 2.24) is 4.98 Å². The van der Waals surface area contributed by atoms with Gasteiger partial charge >= 0.3 is 0 Å². The largest absolute Gasteiger partial charge is 0.544 e. The number of halogens is 1. The zero-order valence-electron chi connectivity index (χ0n) is 9.78. The number of hydrogen-bond acceptors (Lipinski definition) is 5. The molecule has 4 nitrogen and oxygen atoms in total. The monoisotopic (exact) mass is 281 g/mol. The van der Waals surface area contributed by atoms with E-state index in [1.54, 1.807) is 13.0 Å². The van der Waals surface area contributed by atoms with Gasteiger partial charge in [0.1, 0.15) is 0 Å². The molecule has 0 aliphatic heterocycles. The molecule has 0 spiro atoms. The van der Waals surface area contributed by atoms with E-state index in [2.05, 4.69) is 10.3 Å². The molecule has 1 aromatic heterocycles. The van der Waals surface area contributed by atoms with Crippen molar-refractivity contribution in [1.29, 1.82) is 0 Å². The Bertz CT molecular complexity index is 610. The number of carboxylic acids is 1. The molecular weight excluding hydrogens is 272 g/mol. The first-order valence-electron chi connectivity index (χ1n) is 5.20. The summed E-state index contributed by atoms with van der Waals surface area (Å²) < 4.78 is 0. The van der Waals surface area contributed by atoms with Gasteiger partial charge in [0.05, 0.1) is 16.5 Å². The van der Waals surface area contributed by atoms with Crippen LogP contribution >= 0.6 is 22.9 Å². The molecule has 0 bridgehead atoms. The molecule has 0 radical (unpaired) electrons. The maximum atomic E-state index is 10.8. The average molecular weight is 282 g/mol. The normalized spacial score (nSPS) is 10.4. The maximum absolute atomic E-state index is 10.8. The van der Waals surface area contributed by atoms with Crippen molar-refractivity contribution in [3.63, 3.8) is 0 Å².